The zero-order valence-electron chi connectivity index (χ0n) is 24.3. The van der Waals surface area contributed by atoms with Gasteiger partial charge in [-0.05, 0) is 31.0 Å². The molecule has 3 atom stereocenters. The van der Waals surface area contributed by atoms with E-state index in [9.17, 15) is 40.7 Å². The van der Waals surface area contributed by atoms with Crippen molar-refractivity contribution >= 4 is 34.9 Å². The van der Waals surface area contributed by atoms with E-state index in [0.717, 1.165) is 4.90 Å². The van der Waals surface area contributed by atoms with Crippen molar-refractivity contribution in [2.24, 2.45) is 22.6 Å². The van der Waals surface area contributed by atoms with Crippen LogP contribution in [0.25, 0.3) is 0 Å². The van der Waals surface area contributed by atoms with E-state index in [1.54, 1.807) is 48.5 Å². The topological polar surface area (TPSA) is 136 Å². The van der Waals surface area contributed by atoms with Gasteiger partial charge >= 0.3 is 12.4 Å². The number of benzene rings is 2. The number of anilines is 2. The summed E-state index contributed by atoms with van der Waals surface area (Å²) in [4.78, 5) is 50.2. The smallest absolute Gasteiger partial charge is 0.389 e. The molecule has 16 heteroatoms. The van der Waals surface area contributed by atoms with Crippen molar-refractivity contribution in [2.45, 2.75) is 44.2 Å². The first kappa shape index (κ1) is 33.2. The van der Waals surface area contributed by atoms with Gasteiger partial charge in [-0.1, -0.05) is 36.4 Å². The molecule has 2 aliphatic rings. The van der Waals surface area contributed by atoms with Crippen molar-refractivity contribution in [3.63, 3.8) is 0 Å². The van der Waals surface area contributed by atoms with Crippen molar-refractivity contribution in [1.29, 1.82) is 0 Å². The zero-order chi connectivity index (χ0) is 33.9. The van der Waals surface area contributed by atoms with Crippen LogP contribution >= 0.6 is 0 Å². The number of carbonyl (C=O) groups is 3. The van der Waals surface area contributed by atoms with Gasteiger partial charge in [-0.2, -0.15) is 26.3 Å². The number of fused-ring (bicyclic) bond motifs is 2. The van der Waals surface area contributed by atoms with Gasteiger partial charge in [0.05, 0.1) is 11.4 Å². The number of alkyl halides is 6. The van der Waals surface area contributed by atoms with E-state index in [0.29, 0.717) is 16.9 Å². The van der Waals surface area contributed by atoms with Crippen LogP contribution in [-0.4, -0.2) is 53.7 Å². The lowest BCUT2D eigenvalue weighted by atomic mass is 9.83. The lowest BCUT2D eigenvalue weighted by Crippen LogP contribution is -2.50. The fourth-order valence-corrected chi connectivity index (χ4v) is 5.38. The fourth-order valence-electron chi connectivity index (χ4n) is 5.38. The molecule has 0 spiro atoms. The fraction of sp³-hybridized carbons (Fsp3) is 0.323. The third kappa shape index (κ3) is 7.81. The summed E-state index contributed by atoms with van der Waals surface area (Å²) in [6.07, 6.45) is -15.3. The number of nitrogens with two attached hydrogens (primary N) is 1. The number of primary amides is 1. The number of hydrogen-bond acceptors (Lipinski definition) is 7. The van der Waals surface area contributed by atoms with Crippen molar-refractivity contribution in [3.8, 4) is 11.5 Å². The summed E-state index contributed by atoms with van der Waals surface area (Å²) in [6, 6.07) is 16.2. The normalized spacial score (nSPS) is 17.3. The average molecular weight is 664 g/mol. The standard InChI is InChI=1S/C31H27F6N5O5/c32-30(33,34)11-9-18(26(38)43)19(10-12-31(35,36)37)28(44)41-27-29(45)42(24-8-4-5-13-39-24)21-15-23-22(46-16-47-23)14-20(21)25(40-27)17-6-2-1-3-7-17/h1-8,13-15,18-19,27H,9-12,16H2,(H2,38,43)(H,41,44). The van der Waals surface area contributed by atoms with E-state index in [2.05, 4.69) is 15.3 Å². The summed E-state index contributed by atoms with van der Waals surface area (Å²) < 4.78 is 90.2. The molecular weight excluding hydrogens is 636 g/mol. The third-order valence-electron chi connectivity index (χ3n) is 7.57. The molecule has 3 aromatic rings. The highest BCUT2D eigenvalue weighted by Crippen LogP contribution is 2.43. The number of ether oxygens (including phenoxy) is 2. The zero-order valence-corrected chi connectivity index (χ0v) is 24.3. The Labute approximate surface area is 263 Å². The summed E-state index contributed by atoms with van der Waals surface area (Å²) in [5.74, 6) is -6.83. The van der Waals surface area contributed by atoms with E-state index < -0.39 is 73.8 Å². The van der Waals surface area contributed by atoms with Gasteiger partial charge in [0.25, 0.3) is 5.91 Å². The van der Waals surface area contributed by atoms with Gasteiger partial charge in [0, 0.05) is 48.1 Å². The molecule has 0 radical (unpaired) electrons. The minimum Gasteiger partial charge on any atom is -0.454 e. The van der Waals surface area contributed by atoms with E-state index in [-0.39, 0.29) is 29.8 Å². The second-order valence-electron chi connectivity index (χ2n) is 10.8. The molecule has 0 aliphatic carbocycles. The lowest BCUT2D eigenvalue weighted by molar-refractivity contribution is -0.152. The summed E-state index contributed by atoms with van der Waals surface area (Å²) in [5.41, 5.74) is 6.51. The summed E-state index contributed by atoms with van der Waals surface area (Å²) >= 11 is 0. The Morgan fingerprint density at radius 2 is 1.53 bits per heavy atom. The second-order valence-corrected chi connectivity index (χ2v) is 10.8. The number of rotatable bonds is 10. The van der Waals surface area contributed by atoms with E-state index in [4.69, 9.17) is 15.2 Å². The maximum Gasteiger partial charge on any atom is 0.389 e. The highest BCUT2D eigenvalue weighted by Gasteiger charge is 2.42. The van der Waals surface area contributed by atoms with E-state index >= 15 is 0 Å². The molecule has 10 nitrogen and oxygen atoms in total. The number of nitrogens with one attached hydrogen (secondary N) is 1. The van der Waals surface area contributed by atoms with Gasteiger partial charge in [0.2, 0.25) is 24.8 Å². The molecular formula is C31H27F6N5O5. The maximum atomic E-state index is 14.3. The molecule has 0 fully saturated rings. The first-order valence-corrected chi connectivity index (χ1v) is 14.3. The maximum absolute atomic E-state index is 14.3. The Morgan fingerprint density at radius 3 is 2.13 bits per heavy atom. The minimum absolute atomic E-state index is 0.0789. The van der Waals surface area contributed by atoms with Crippen molar-refractivity contribution in [3.05, 3.63) is 78.0 Å². The summed E-state index contributed by atoms with van der Waals surface area (Å²) in [6.45, 7) is -0.0963. The van der Waals surface area contributed by atoms with Gasteiger partial charge in [-0.25, -0.2) is 9.98 Å². The Bertz CT molecular complexity index is 1670. The van der Waals surface area contributed by atoms with Crippen molar-refractivity contribution in [1.82, 2.24) is 10.3 Å². The van der Waals surface area contributed by atoms with Crippen LogP contribution in [0.1, 0.15) is 36.8 Å². The molecule has 248 valence electrons. The predicted molar refractivity (Wildman–Crippen MR) is 155 cm³/mol. The molecule has 3 amide bonds. The van der Waals surface area contributed by atoms with Crippen LogP contribution < -0.4 is 25.4 Å². The van der Waals surface area contributed by atoms with Crippen molar-refractivity contribution < 1.29 is 50.2 Å². The number of pyridine rings is 1. The largest absolute Gasteiger partial charge is 0.454 e. The molecule has 3 N–H and O–H groups in total. The third-order valence-corrected chi connectivity index (χ3v) is 7.57. The van der Waals surface area contributed by atoms with Crippen molar-refractivity contribution in [2.75, 3.05) is 11.7 Å². The first-order chi connectivity index (χ1) is 22.2. The molecule has 3 unspecified atom stereocenters. The molecule has 3 heterocycles. The minimum atomic E-state index is -4.82. The van der Waals surface area contributed by atoms with Gasteiger partial charge < -0.3 is 20.5 Å². The molecule has 1 aromatic heterocycles. The quantitative estimate of drug-likeness (QED) is 0.288. The Balaban J connectivity index is 1.61. The molecule has 2 aromatic carbocycles. The monoisotopic (exact) mass is 663 g/mol. The van der Waals surface area contributed by atoms with Gasteiger partial charge in [-0.15, -0.1) is 0 Å². The summed E-state index contributed by atoms with van der Waals surface area (Å²) in [7, 11) is 0. The van der Waals surface area contributed by atoms with Crippen LogP contribution in [0.4, 0.5) is 37.8 Å². The van der Waals surface area contributed by atoms with Gasteiger partial charge in [-0.3, -0.25) is 19.3 Å². The molecule has 0 saturated heterocycles. The average Bonchev–Trinajstić information content (AvgIpc) is 3.43. The molecule has 2 aliphatic heterocycles. The number of nitrogens with zero attached hydrogens (tertiary/aromatic N) is 3. The summed E-state index contributed by atoms with van der Waals surface area (Å²) in [5, 5.41) is 2.30. The van der Waals surface area contributed by atoms with E-state index in [1.807, 2.05) is 0 Å². The SMILES string of the molecule is NC(=O)C(CCC(F)(F)F)C(CCC(F)(F)F)C(=O)NC1N=C(c2ccccc2)c2cc3c(cc2N(c2ccccn2)C1=O)OCO3. The highest BCUT2D eigenvalue weighted by molar-refractivity contribution is 6.22. The molecule has 0 saturated carbocycles. The number of hydrogen-bond donors (Lipinski definition) is 2. The molecule has 0 bridgehead atoms. The number of carbonyl (C=O) groups excluding carboxylic acids is 3. The number of amides is 3. The number of halogens is 6. The van der Waals surface area contributed by atoms with Gasteiger partial charge in [0.1, 0.15) is 5.82 Å². The van der Waals surface area contributed by atoms with Crippen LogP contribution in [-0.2, 0) is 14.4 Å². The van der Waals surface area contributed by atoms with Crippen LogP contribution in [0.3, 0.4) is 0 Å². The number of aromatic nitrogens is 1. The van der Waals surface area contributed by atoms with E-state index in [1.165, 1.54) is 18.3 Å². The molecule has 5 rings (SSSR count). The Kier molecular flexibility index (Phi) is 9.40. The number of aliphatic imine (C=N–C) groups is 1. The Morgan fingerprint density at radius 1 is 0.915 bits per heavy atom. The Hall–Kier alpha value is -5.15. The predicted octanol–water partition coefficient (Wildman–Crippen LogP) is 5.17. The van der Waals surface area contributed by atoms with Crippen LogP contribution in [0, 0.1) is 11.8 Å². The van der Waals surface area contributed by atoms with Crippen LogP contribution in [0.2, 0.25) is 0 Å². The highest BCUT2D eigenvalue weighted by atomic mass is 19.4. The van der Waals surface area contributed by atoms with Crippen LogP contribution in [0.15, 0.2) is 71.9 Å². The van der Waals surface area contributed by atoms with Crippen LogP contribution in [0.5, 0.6) is 11.5 Å². The molecule has 47 heavy (non-hydrogen) atoms. The lowest BCUT2D eigenvalue weighted by Gasteiger charge is -2.28. The second kappa shape index (κ2) is 13.3. The first-order valence-electron chi connectivity index (χ1n) is 14.3. The van der Waals surface area contributed by atoms with Gasteiger partial charge in [0.15, 0.2) is 11.5 Å².